The normalized spacial score (nSPS) is 14.1. The van der Waals surface area contributed by atoms with Crippen LogP contribution in [0.4, 0.5) is 11.5 Å². The Hall–Kier alpha value is -3.14. The van der Waals surface area contributed by atoms with E-state index in [0.717, 1.165) is 22.6 Å². The maximum Gasteiger partial charge on any atom is 0.225 e. The largest absolute Gasteiger partial charge is 0.367 e. The number of pyridine rings is 1. The molecule has 1 aliphatic carbocycles. The zero-order chi connectivity index (χ0) is 19.9. The van der Waals surface area contributed by atoms with Crippen LogP contribution in [0.3, 0.4) is 0 Å². The number of rotatable bonds is 7. The lowest BCUT2D eigenvalue weighted by atomic mass is 9.88. The maximum atomic E-state index is 12.8. The first-order valence-corrected chi connectivity index (χ1v) is 10.4. The number of carbonyl (C=O) groups excluding carboxylic acids is 1. The van der Waals surface area contributed by atoms with Crippen LogP contribution in [-0.2, 0) is 4.79 Å². The fourth-order valence-electron chi connectivity index (χ4n) is 4.03. The number of nitrogens with zero attached hydrogens (tertiary/aromatic N) is 1. The Morgan fingerprint density at radius 1 is 0.897 bits per heavy atom. The molecule has 2 aromatic carbocycles. The van der Waals surface area contributed by atoms with Crippen molar-refractivity contribution >= 4 is 17.4 Å². The van der Waals surface area contributed by atoms with Gasteiger partial charge in [-0.3, -0.25) is 4.79 Å². The molecule has 1 saturated carbocycles. The molecule has 0 atom stereocenters. The molecule has 4 rings (SSSR count). The van der Waals surface area contributed by atoms with Gasteiger partial charge in [0.05, 0.1) is 11.9 Å². The van der Waals surface area contributed by atoms with Crippen LogP contribution in [0.1, 0.15) is 49.1 Å². The van der Waals surface area contributed by atoms with Crippen LogP contribution in [-0.4, -0.2) is 16.9 Å². The highest BCUT2D eigenvalue weighted by atomic mass is 16.1. The summed E-state index contributed by atoms with van der Waals surface area (Å²) in [6.07, 6.45) is 7.11. The molecule has 4 heteroatoms. The third-order valence-corrected chi connectivity index (χ3v) is 5.55. The van der Waals surface area contributed by atoms with Crippen molar-refractivity contribution in [1.29, 1.82) is 0 Å². The average molecular weight is 386 g/mol. The standard InChI is InChI=1S/C25H27N3O/c29-25(28-22-15-16-24(26-18-22)27-21-13-7-8-14-21)17-23(19-9-3-1-4-10-19)20-11-5-2-6-12-20/h1-6,9-12,15-16,18,21,23H,7-8,13-14,17H2,(H,26,27)(H,28,29). The Labute approximate surface area is 172 Å². The van der Waals surface area contributed by atoms with Gasteiger partial charge in [0.1, 0.15) is 5.82 Å². The van der Waals surface area contributed by atoms with Gasteiger partial charge in [0.15, 0.2) is 0 Å². The molecular formula is C25H27N3O. The zero-order valence-electron chi connectivity index (χ0n) is 16.6. The van der Waals surface area contributed by atoms with Gasteiger partial charge in [0, 0.05) is 18.4 Å². The van der Waals surface area contributed by atoms with Crippen LogP contribution >= 0.6 is 0 Å². The van der Waals surface area contributed by atoms with Crippen molar-refractivity contribution in [1.82, 2.24) is 4.98 Å². The van der Waals surface area contributed by atoms with E-state index in [1.54, 1.807) is 6.20 Å². The van der Waals surface area contributed by atoms with Gasteiger partial charge in [-0.2, -0.15) is 0 Å². The molecule has 0 radical (unpaired) electrons. The summed E-state index contributed by atoms with van der Waals surface area (Å²) in [7, 11) is 0. The minimum atomic E-state index is -0.0130. The van der Waals surface area contributed by atoms with Crippen LogP contribution in [0.2, 0.25) is 0 Å². The quantitative estimate of drug-likeness (QED) is 0.557. The first kappa shape index (κ1) is 19.2. The molecule has 1 heterocycles. The predicted molar refractivity (Wildman–Crippen MR) is 118 cm³/mol. The molecule has 29 heavy (non-hydrogen) atoms. The Kier molecular flexibility index (Phi) is 6.20. The van der Waals surface area contributed by atoms with E-state index in [2.05, 4.69) is 39.9 Å². The predicted octanol–water partition coefficient (Wildman–Crippen LogP) is 5.60. The van der Waals surface area contributed by atoms with Gasteiger partial charge in [-0.15, -0.1) is 0 Å². The van der Waals surface area contributed by atoms with Crippen molar-refractivity contribution in [2.75, 3.05) is 10.6 Å². The van der Waals surface area contributed by atoms with E-state index in [-0.39, 0.29) is 11.8 Å². The van der Waals surface area contributed by atoms with Crippen molar-refractivity contribution in [3.63, 3.8) is 0 Å². The Morgan fingerprint density at radius 2 is 1.52 bits per heavy atom. The summed E-state index contributed by atoms with van der Waals surface area (Å²) >= 11 is 0. The number of anilines is 2. The zero-order valence-corrected chi connectivity index (χ0v) is 16.6. The highest BCUT2D eigenvalue weighted by molar-refractivity contribution is 5.91. The second-order valence-corrected chi connectivity index (χ2v) is 7.68. The number of aromatic nitrogens is 1. The van der Waals surface area contributed by atoms with Crippen LogP contribution in [0.25, 0.3) is 0 Å². The van der Waals surface area contributed by atoms with Crippen molar-refractivity contribution in [2.45, 2.75) is 44.1 Å². The van der Waals surface area contributed by atoms with Crippen molar-refractivity contribution in [2.24, 2.45) is 0 Å². The molecule has 1 aliphatic rings. The minimum Gasteiger partial charge on any atom is -0.367 e. The monoisotopic (exact) mass is 385 g/mol. The lowest BCUT2D eigenvalue weighted by Crippen LogP contribution is -2.17. The number of hydrogen-bond acceptors (Lipinski definition) is 3. The van der Waals surface area contributed by atoms with E-state index in [1.165, 1.54) is 25.7 Å². The smallest absolute Gasteiger partial charge is 0.225 e. The third kappa shape index (κ3) is 5.23. The number of hydrogen-bond donors (Lipinski definition) is 2. The van der Waals surface area contributed by atoms with E-state index in [9.17, 15) is 4.79 Å². The molecule has 2 N–H and O–H groups in total. The fourth-order valence-corrected chi connectivity index (χ4v) is 4.03. The summed E-state index contributed by atoms with van der Waals surface area (Å²) in [6, 6.07) is 24.8. The average Bonchev–Trinajstić information content (AvgIpc) is 3.28. The summed E-state index contributed by atoms with van der Waals surface area (Å²) in [4.78, 5) is 17.2. The highest BCUT2D eigenvalue weighted by Gasteiger charge is 2.18. The third-order valence-electron chi connectivity index (χ3n) is 5.55. The highest BCUT2D eigenvalue weighted by Crippen LogP contribution is 2.28. The van der Waals surface area contributed by atoms with E-state index in [0.29, 0.717) is 12.5 Å². The summed E-state index contributed by atoms with van der Waals surface area (Å²) in [5.41, 5.74) is 3.01. The Balaban J connectivity index is 1.41. The molecule has 1 fully saturated rings. The molecule has 0 unspecified atom stereocenters. The van der Waals surface area contributed by atoms with E-state index < -0.39 is 0 Å². The van der Waals surface area contributed by atoms with Crippen LogP contribution in [0, 0.1) is 0 Å². The van der Waals surface area contributed by atoms with Gasteiger partial charge in [-0.25, -0.2) is 4.98 Å². The van der Waals surface area contributed by atoms with Crippen LogP contribution in [0.5, 0.6) is 0 Å². The molecular weight excluding hydrogens is 358 g/mol. The second kappa shape index (κ2) is 9.37. The number of carbonyl (C=O) groups is 1. The van der Waals surface area contributed by atoms with Crippen molar-refractivity contribution in [3.05, 3.63) is 90.1 Å². The molecule has 0 spiro atoms. The minimum absolute atomic E-state index is 0.0130. The van der Waals surface area contributed by atoms with Crippen molar-refractivity contribution in [3.8, 4) is 0 Å². The lowest BCUT2D eigenvalue weighted by molar-refractivity contribution is -0.116. The lowest BCUT2D eigenvalue weighted by Gasteiger charge is -2.18. The summed E-state index contributed by atoms with van der Waals surface area (Å²) in [5.74, 6) is 0.885. The summed E-state index contributed by atoms with van der Waals surface area (Å²) in [5, 5.41) is 6.48. The number of amides is 1. The van der Waals surface area contributed by atoms with Gasteiger partial charge < -0.3 is 10.6 Å². The first-order chi connectivity index (χ1) is 14.3. The molecule has 4 nitrogen and oxygen atoms in total. The number of benzene rings is 2. The van der Waals surface area contributed by atoms with Gasteiger partial charge in [-0.1, -0.05) is 73.5 Å². The first-order valence-electron chi connectivity index (χ1n) is 10.4. The van der Waals surface area contributed by atoms with E-state index in [4.69, 9.17) is 0 Å². The maximum absolute atomic E-state index is 12.8. The van der Waals surface area contributed by atoms with E-state index >= 15 is 0 Å². The molecule has 1 amide bonds. The summed E-state index contributed by atoms with van der Waals surface area (Å²) < 4.78 is 0. The molecule has 3 aromatic rings. The van der Waals surface area contributed by atoms with Gasteiger partial charge in [0.2, 0.25) is 5.91 Å². The summed E-state index contributed by atoms with van der Waals surface area (Å²) in [6.45, 7) is 0. The molecule has 1 aromatic heterocycles. The fraction of sp³-hybridized carbons (Fsp3) is 0.280. The second-order valence-electron chi connectivity index (χ2n) is 7.68. The van der Waals surface area contributed by atoms with Crippen molar-refractivity contribution < 1.29 is 4.79 Å². The number of nitrogens with one attached hydrogen (secondary N) is 2. The Bertz CT molecular complexity index is 864. The SMILES string of the molecule is O=C(CC(c1ccccc1)c1ccccc1)Nc1ccc(NC2CCCC2)nc1. The molecule has 0 bridgehead atoms. The molecule has 148 valence electrons. The van der Waals surface area contributed by atoms with Crippen LogP contribution < -0.4 is 10.6 Å². The van der Waals surface area contributed by atoms with Gasteiger partial charge >= 0.3 is 0 Å². The van der Waals surface area contributed by atoms with E-state index in [1.807, 2.05) is 48.5 Å². The van der Waals surface area contributed by atoms with Crippen LogP contribution in [0.15, 0.2) is 79.0 Å². The Morgan fingerprint density at radius 3 is 2.07 bits per heavy atom. The molecule has 0 aliphatic heterocycles. The molecule has 0 saturated heterocycles. The topological polar surface area (TPSA) is 54.0 Å². The van der Waals surface area contributed by atoms with Gasteiger partial charge in [-0.05, 0) is 36.1 Å². The van der Waals surface area contributed by atoms with Gasteiger partial charge in [0.25, 0.3) is 0 Å².